The van der Waals surface area contributed by atoms with E-state index in [9.17, 15) is 0 Å². The van der Waals surface area contributed by atoms with E-state index >= 15 is 0 Å². The molecule has 94 valence electrons. The van der Waals surface area contributed by atoms with Gasteiger partial charge in [-0.3, -0.25) is 0 Å². The average molecular weight is 306 g/mol. The predicted molar refractivity (Wildman–Crippen MR) is 78.0 cm³/mol. The van der Waals surface area contributed by atoms with Crippen LogP contribution in [-0.4, -0.2) is 0 Å². The van der Waals surface area contributed by atoms with Crippen LogP contribution in [0.5, 0.6) is 11.5 Å². The van der Waals surface area contributed by atoms with E-state index in [1.54, 1.807) is 0 Å². The van der Waals surface area contributed by atoms with Crippen molar-refractivity contribution in [2.75, 3.05) is 0 Å². The Labute approximate surface area is 116 Å². The number of rotatable bonds is 3. The lowest BCUT2D eigenvalue weighted by atomic mass is 10.1. The van der Waals surface area contributed by atoms with Crippen LogP contribution in [0.15, 0.2) is 46.9 Å². The van der Waals surface area contributed by atoms with Crippen LogP contribution in [0.1, 0.15) is 24.1 Å². The highest BCUT2D eigenvalue weighted by Gasteiger charge is 2.06. The molecule has 2 rings (SSSR count). The molecular formula is C15H16BrNO. The Hall–Kier alpha value is -1.32. The summed E-state index contributed by atoms with van der Waals surface area (Å²) in [5, 5.41) is 0. The Morgan fingerprint density at radius 2 is 1.94 bits per heavy atom. The number of hydrogen-bond donors (Lipinski definition) is 1. The lowest BCUT2D eigenvalue weighted by Crippen LogP contribution is -2.04. The van der Waals surface area contributed by atoms with Crippen LogP contribution in [0.2, 0.25) is 0 Å². The molecule has 0 bridgehead atoms. The molecule has 0 fully saturated rings. The van der Waals surface area contributed by atoms with Gasteiger partial charge in [-0.1, -0.05) is 18.2 Å². The van der Waals surface area contributed by atoms with E-state index in [0.717, 1.165) is 21.5 Å². The summed E-state index contributed by atoms with van der Waals surface area (Å²) < 4.78 is 6.75. The second-order valence-electron chi connectivity index (χ2n) is 4.40. The molecule has 0 radical (unpaired) electrons. The van der Waals surface area contributed by atoms with Crippen molar-refractivity contribution in [1.82, 2.24) is 0 Å². The number of halogens is 1. The zero-order valence-corrected chi connectivity index (χ0v) is 12.1. The number of nitrogens with two attached hydrogens (primary N) is 1. The summed E-state index contributed by atoms with van der Waals surface area (Å²) in [7, 11) is 0. The summed E-state index contributed by atoms with van der Waals surface area (Å²) in [5.41, 5.74) is 8.10. The molecule has 3 heteroatoms. The van der Waals surface area contributed by atoms with Gasteiger partial charge >= 0.3 is 0 Å². The molecule has 2 nitrogen and oxygen atoms in total. The minimum absolute atomic E-state index is 0.0225. The van der Waals surface area contributed by atoms with Gasteiger partial charge in [-0.25, -0.2) is 0 Å². The van der Waals surface area contributed by atoms with Gasteiger partial charge < -0.3 is 10.5 Å². The van der Waals surface area contributed by atoms with Gasteiger partial charge in [-0.2, -0.15) is 0 Å². The van der Waals surface area contributed by atoms with Gasteiger partial charge in [0, 0.05) is 6.04 Å². The Morgan fingerprint density at radius 3 is 2.56 bits per heavy atom. The maximum atomic E-state index is 5.84. The van der Waals surface area contributed by atoms with Crippen LogP contribution in [0.4, 0.5) is 0 Å². The predicted octanol–water partition coefficient (Wildman–Crippen LogP) is 4.57. The van der Waals surface area contributed by atoms with Crippen LogP contribution >= 0.6 is 15.9 Å². The van der Waals surface area contributed by atoms with Crippen LogP contribution in [0.3, 0.4) is 0 Å². The minimum atomic E-state index is 0.0225. The highest BCUT2D eigenvalue weighted by Crippen LogP contribution is 2.31. The topological polar surface area (TPSA) is 35.2 Å². The van der Waals surface area contributed by atoms with Gasteiger partial charge in [0.1, 0.15) is 11.5 Å². The third-order valence-electron chi connectivity index (χ3n) is 2.70. The van der Waals surface area contributed by atoms with E-state index in [-0.39, 0.29) is 6.04 Å². The van der Waals surface area contributed by atoms with Crippen molar-refractivity contribution in [3.8, 4) is 11.5 Å². The summed E-state index contributed by atoms with van der Waals surface area (Å²) in [6.07, 6.45) is 0. The van der Waals surface area contributed by atoms with Gasteiger partial charge in [0.05, 0.1) is 4.47 Å². The quantitative estimate of drug-likeness (QED) is 0.901. The van der Waals surface area contributed by atoms with E-state index in [2.05, 4.69) is 15.9 Å². The molecular weight excluding hydrogens is 290 g/mol. The third kappa shape index (κ3) is 3.12. The van der Waals surface area contributed by atoms with Gasteiger partial charge in [0.2, 0.25) is 0 Å². The molecule has 0 spiro atoms. The van der Waals surface area contributed by atoms with Crippen LogP contribution in [-0.2, 0) is 0 Å². The van der Waals surface area contributed by atoms with Gasteiger partial charge in [-0.15, -0.1) is 0 Å². The molecule has 0 unspecified atom stereocenters. The Bertz CT molecular complexity index is 552. The summed E-state index contributed by atoms with van der Waals surface area (Å²) >= 11 is 3.51. The first-order valence-electron chi connectivity index (χ1n) is 5.86. The Balaban J connectivity index is 2.24. The van der Waals surface area contributed by atoms with Crippen molar-refractivity contribution < 1.29 is 4.74 Å². The SMILES string of the molecule is Cc1cccc(Oc2ccc([C@@H](C)N)cc2Br)c1. The van der Waals surface area contributed by atoms with Gasteiger partial charge in [0.15, 0.2) is 0 Å². The van der Waals surface area contributed by atoms with Crippen molar-refractivity contribution in [3.63, 3.8) is 0 Å². The lowest BCUT2D eigenvalue weighted by Gasteiger charge is -2.11. The zero-order chi connectivity index (χ0) is 13.1. The molecule has 2 aromatic rings. The maximum Gasteiger partial charge on any atom is 0.141 e. The fourth-order valence-corrected chi connectivity index (χ4v) is 2.17. The summed E-state index contributed by atoms with van der Waals surface area (Å²) in [6.45, 7) is 4.00. The van der Waals surface area contributed by atoms with E-state index in [0.29, 0.717) is 0 Å². The number of hydrogen-bond acceptors (Lipinski definition) is 2. The largest absolute Gasteiger partial charge is 0.456 e. The standard InChI is InChI=1S/C15H16BrNO/c1-10-4-3-5-13(8-10)18-15-7-6-12(11(2)17)9-14(15)16/h3-9,11H,17H2,1-2H3/t11-/m1/s1. The summed E-state index contributed by atoms with van der Waals surface area (Å²) in [4.78, 5) is 0. The second kappa shape index (κ2) is 5.55. The lowest BCUT2D eigenvalue weighted by molar-refractivity contribution is 0.479. The number of benzene rings is 2. The number of aryl methyl sites for hydroxylation is 1. The highest BCUT2D eigenvalue weighted by molar-refractivity contribution is 9.10. The average Bonchev–Trinajstić information content (AvgIpc) is 2.31. The summed E-state index contributed by atoms with van der Waals surface area (Å²) in [5.74, 6) is 1.63. The van der Waals surface area contributed by atoms with E-state index in [1.807, 2.05) is 56.3 Å². The molecule has 0 saturated heterocycles. The fourth-order valence-electron chi connectivity index (χ4n) is 1.69. The van der Waals surface area contributed by atoms with Crippen molar-refractivity contribution in [2.45, 2.75) is 19.9 Å². The third-order valence-corrected chi connectivity index (χ3v) is 3.32. The smallest absolute Gasteiger partial charge is 0.141 e. The minimum Gasteiger partial charge on any atom is -0.456 e. The maximum absolute atomic E-state index is 5.84. The van der Waals surface area contributed by atoms with Crippen molar-refractivity contribution in [3.05, 3.63) is 58.1 Å². The van der Waals surface area contributed by atoms with Crippen molar-refractivity contribution >= 4 is 15.9 Å². The molecule has 0 saturated carbocycles. The van der Waals surface area contributed by atoms with Crippen LogP contribution in [0, 0.1) is 6.92 Å². The molecule has 0 aliphatic rings. The molecule has 18 heavy (non-hydrogen) atoms. The highest BCUT2D eigenvalue weighted by atomic mass is 79.9. The monoisotopic (exact) mass is 305 g/mol. The normalized spacial score (nSPS) is 12.2. The van der Waals surface area contributed by atoms with Crippen molar-refractivity contribution in [1.29, 1.82) is 0 Å². The van der Waals surface area contributed by atoms with Crippen molar-refractivity contribution in [2.24, 2.45) is 5.73 Å². The first-order chi connectivity index (χ1) is 8.56. The molecule has 2 aromatic carbocycles. The first kappa shape index (κ1) is 13.1. The fraction of sp³-hybridized carbons (Fsp3) is 0.200. The second-order valence-corrected chi connectivity index (χ2v) is 5.25. The van der Waals surface area contributed by atoms with Gasteiger partial charge in [0.25, 0.3) is 0 Å². The molecule has 0 aromatic heterocycles. The van der Waals surface area contributed by atoms with Crippen LogP contribution in [0.25, 0.3) is 0 Å². The first-order valence-corrected chi connectivity index (χ1v) is 6.65. The van der Waals surface area contributed by atoms with E-state index < -0.39 is 0 Å². The Kier molecular flexibility index (Phi) is 4.04. The zero-order valence-electron chi connectivity index (χ0n) is 10.5. The molecule has 1 atom stereocenters. The Morgan fingerprint density at radius 1 is 1.17 bits per heavy atom. The number of ether oxygens (including phenoxy) is 1. The molecule has 0 heterocycles. The van der Waals surface area contributed by atoms with E-state index in [4.69, 9.17) is 10.5 Å². The molecule has 0 aliphatic heterocycles. The van der Waals surface area contributed by atoms with Crippen LogP contribution < -0.4 is 10.5 Å². The molecule has 0 amide bonds. The molecule has 2 N–H and O–H groups in total. The molecule has 0 aliphatic carbocycles. The van der Waals surface area contributed by atoms with Gasteiger partial charge in [-0.05, 0) is 65.2 Å². The van der Waals surface area contributed by atoms with E-state index in [1.165, 1.54) is 5.56 Å². The summed E-state index contributed by atoms with van der Waals surface area (Å²) in [6, 6.07) is 13.9.